The molecule has 3 atom stereocenters. The summed E-state index contributed by atoms with van der Waals surface area (Å²) in [7, 11) is 3.28. The summed E-state index contributed by atoms with van der Waals surface area (Å²) in [6.45, 7) is 52.0. The molecule has 2 rings (SSSR count). The van der Waals surface area contributed by atoms with Gasteiger partial charge >= 0.3 is 47.9 Å². The second-order valence-corrected chi connectivity index (χ2v) is 24.4. The lowest BCUT2D eigenvalue weighted by atomic mass is 9.84. The SMILES string of the molecule is C=C(C)C(=O)OCC(O)COC(=O)C(C)(C)CC.C=C(C)C(=O)OCCNC(=O)OCCOC(=O)C(C)(C)CC.C=CCOC(=O)C(C)(C)CC.C=CCOCC(COC)OC.CCC(C)(C)C(=O)OCC1CO1.CCC1(COC(=O)C(C)(C)CC)COC1. The van der Waals surface area contributed by atoms with Crippen LogP contribution in [0.4, 0.5) is 4.79 Å². The van der Waals surface area contributed by atoms with E-state index < -0.39 is 35.0 Å². The van der Waals surface area contributed by atoms with Crippen LogP contribution in [0.3, 0.4) is 0 Å². The van der Waals surface area contributed by atoms with Crippen molar-refractivity contribution in [1.82, 2.24) is 5.32 Å². The Morgan fingerprint density at radius 2 is 0.978 bits per heavy atom. The van der Waals surface area contributed by atoms with Crippen molar-refractivity contribution in [2.75, 3.05) is 113 Å². The smallest absolute Gasteiger partial charge is 0.407 e. The predicted molar refractivity (Wildman–Crippen MR) is 339 cm³/mol. The Kier molecular flexibility index (Phi) is 48.5. The Morgan fingerprint density at radius 1 is 0.562 bits per heavy atom. The molecule has 2 N–H and O–H groups in total. The zero-order chi connectivity index (χ0) is 69.7. The summed E-state index contributed by atoms with van der Waals surface area (Å²) in [5.74, 6) is -2.17. The quantitative estimate of drug-likeness (QED) is 0.0147. The summed E-state index contributed by atoms with van der Waals surface area (Å²) >= 11 is 0. The third kappa shape index (κ3) is 43.6. The molecule has 23 heteroatoms. The second kappa shape index (κ2) is 48.1. The monoisotopic (exact) mass is 1280 g/mol. The van der Waals surface area contributed by atoms with Gasteiger partial charge in [0.25, 0.3) is 0 Å². The molecule has 0 aromatic heterocycles. The summed E-state index contributed by atoms with van der Waals surface area (Å²) < 4.78 is 64.8. The third-order valence-electron chi connectivity index (χ3n) is 14.3. The van der Waals surface area contributed by atoms with Gasteiger partial charge in [-0.25, -0.2) is 14.4 Å². The largest absolute Gasteiger partial charge is 0.465 e. The van der Waals surface area contributed by atoms with Gasteiger partial charge in [0.1, 0.15) is 71.2 Å². The van der Waals surface area contributed by atoms with Crippen LogP contribution in [0.1, 0.15) is 163 Å². The highest BCUT2D eigenvalue weighted by Crippen LogP contribution is 2.33. The Morgan fingerprint density at radius 3 is 1.37 bits per heavy atom. The number of hydrogen-bond acceptors (Lipinski definition) is 22. The predicted octanol–water partition coefficient (Wildman–Crippen LogP) is 10.0. The number of epoxide rings is 1. The Balaban J connectivity index is -0.000000496. The molecule has 0 aromatic rings. The van der Waals surface area contributed by atoms with E-state index in [-0.39, 0.29) is 109 Å². The van der Waals surface area contributed by atoms with Gasteiger partial charge in [0, 0.05) is 25.4 Å². The zero-order valence-corrected chi connectivity index (χ0v) is 58.1. The number of aliphatic hydroxyl groups excluding tert-OH is 1. The van der Waals surface area contributed by atoms with E-state index in [1.165, 1.54) is 13.8 Å². The van der Waals surface area contributed by atoms with Crippen LogP contribution in [0.2, 0.25) is 0 Å². The first-order valence-corrected chi connectivity index (χ1v) is 30.4. The van der Waals surface area contributed by atoms with Gasteiger partial charge in [0.2, 0.25) is 0 Å². The van der Waals surface area contributed by atoms with E-state index >= 15 is 0 Å². The fraction of sp³-hybridized carbons (Fsp3) is 0.758. The lowest BCUT2D eigenvalue weighted by molar-refractivity contribution is -0.178. The normalized spacial score (nSPS) is 14.4. The van der Waals surface area contributed by atoms with Crippen LogP contribution >= 0.6 is 0 Å². The van der Waals surface area contributed by atoms with Gasteiger partial charge in [-0.15, -0.1) is 6.58 Å². The maximum absolute atomic E-state index is 11.7. The number of methoxy groups -OCH3 is 2. The number of carbonyl (C=O) groups excluding carboxylic acids is 8. The van der Waals surface area contributed by atoms with E-state index in [1.807, 2.05) is 76.2 Å². The topological polar surface area (TPSA) is 292 Å². The lowest BCUT2D eigenvalue weighted by Crippen LogP contribution is -2.47. The maximum atomic E-state index is 11.7. The van der Waals surface area contributed by atoms with E-state index in [0.717, 1.165) is 45.5 Å². The van der Waals surface area contributed by atoms with Crippen LogP contribution < -0.4 is 5.32 Å². The number of rotatable bonds is 36. The highest BCUT2D eigenvalue weighted by molar-refractivity contribution is 5.87. The van der Waals surface area contributed by atoms with Crippen LogP contribution in [0.5, 0.6) is 0 Å². The summed E-state index contributed by atoms with van der Waals surface area (Å²) in [6.07, 6.45) is 6.50. The van der Waals surface area contributed by atoms with E-state index in [4.69, 9.17) is 61.6 Å². The summed E-state index contributed by atoms with van der Waals surface area (Å²) in [5, 5.41) is 11.9. The van der Waals surface area contributed by atoms with Gasteiger partial charge in [-0.1, -0.05) is 73.4 Å². The molecule has 0 bridgehead atoms. The van der Waals surface area contributed by atoms with Crippen molar-refractivity contribution in [3.8, 4) is 0 Å². The number of alkyl carbamates (subject to hydrolysis) is 1. The molecule has 0 aromatic carbocycles. The first kappa shape index (κ1) is 89.7. The molecular weight excluding hydrogens is 1160 g/mol. The third-order valence-corrected chi connectivity index (χ3v) is 14.3. The Labute approximate surface area is 533 Å². The minimum absolute atomic E-state index is 0.000325. The highest BCUT2D eigenvalue weighted by atomic mass is 16.6. The van der Waals surface area contributed by atoms with Gasteiger partial charge in [-0.3, -0.25) is 24.0 Å². The van der Waals surface area contributed by atoms with Crippen molar-refractivity contribution in [3.63, 3.8) is 0 Å². The van der Waals surface area contributed by atoms with Gasteiger partial charge in [-0.2, -0.15) is 0 Å². The number of carbonyl (C=O) groups is 8. The van der Waals surface area contributed by atoms with Crippen LogP contribution in [0.15, 0.2) is 49.6 Å². The molecular formula is C66H117NO22. The molecule has 2 heterocycles. The molecule has 2 fully saturated rings. The number of hydrogen-bond donors (Lipinski definition) is 2. The van der Waals surface area contributed by atoms with Gasteiger partial charge in [0.05, 0.1) is 78.7 Å². The molecule has 23 nitrogen and oxygen atoms in total. The first-order chi connectivity index (χ1) is 41.3. The Bertz CT molecular complexity index is 2100. The van der Waals surface area contributed by atoms with Crippen molar-refractivity contribution < 1.29 is 105 Å². The number of ether oxygens (including phenoxy) is 13. The number of aliphatic hydroxyl groups is 1. The van der Waals surface area contributed by atoms with Crippen molar-refractivity contribution in [2.45, 2.75) is 181 Å². The summed E-state index contributed by atoms with van der Waals surface area (Å²) in [6, 6.07) is 0. The van der Waals surface area contributed by atoms with E-state index in [9.17, 15) is 43.5 Å². The van der Waals surface area contributed by atoms with Gasteiger partial charge < -0.3 is 72.0 Å². The summed E-state index contributed by atoms with van der Waals surface area (Å²) in [4.78, 5) is 90.9. The molecule has 1 amide bonds. The average molecular weight is 1280 g/mol. The molecule has 0 saturated carbocycles. The Hall–Kier alpha value is -5.72. The summed E-state index contributed by atoms with van der Waals surface area (Å²) in [5.41, 5.74) is -1.55. The lowest BCUT2D eigenvalue weighted by Gasteiger charge is -2.40. The first-order valence-electron chi connectivity index (χ1n) is 30.4. The molecule has 0 radical (unpaired) electrons. The number of amides is 1. The molecule has 2 aliphatic heterocycles. The van der Waals surface area contributed by atoms with Gasteiger partial charge in [0.15, 0.2) is 0 Å². The second-order valence-electron chi connectivity index (χ2n) is 24.4. The highest BCUT2D eigenvalue weighted by Gasteiger charge is 2.40. The number of nitrogens with one attached hydrogen (secondary N) is 1. The van der Waals surface area contributed by atoms with Crippen molar-refractivity contribution in [1.29, 1.82) is 0 Å². The average Bonchev–Trinajstić information content (AvgIpc) is 3.86. The molecule has 518 valence electrons. The van der Waals surface area contributed by atoms with Crippen LogP contribution in [-0.4, -0.2) is 185 Å². The minimum atomic E-state index is -1.02. The van der Waals surface area contributed by atoms with Crippen LogP contribution in [0.25, 0.3) is 0 Å². The minimum Gasteiger partial charge on any atom is -0.465 e. The zero-order valence-electron chi connectivity index (χ0n) is 58.1. The van der Waals surface area contributed by atoms with Crippen molar-refractivity contribution in [2.24, 2.45) is 32.5 Å². The molecule has 89 heavy (non-hydrogen) atoms. The fourth-order valence-electron chi connectivity index (χ4n) is 5.07. The molecule has 2 aliphatic rings. The molecule has 0 aliphatic carbocycles. The number of esters is 7. The maximum Gasteiger partial charge on any atom is 0.407 e. The van der Waals surface area contributed by atoms with Crippen molar-refractivity contribution >= 4 is 47.9 Å². The van der Waals surface area contributed by atoms with Gasteiger partial charge in [-0.05, 0) is 122 Å². The van der Waals surface area contributed by atoms with E-state index in [2.05, 4.69) is 38.6 Å². The molecule has 2 saturated heterocycles. The van der Waals surface area contributed by atoms with Crippen LogP contribution in [-0.2, 0) is 95.1 Å². The molecule has 0 spiro atoms. The van der Waals surface area contributed by atoms with Crippen LogP contribution in [0, 0.1) is 32.5 Å². The van der Waals surface area contributed by atoms with E-state index in [1.54, 1.807) is 54.1 Å². The van der Waals surface area contributed by atoms with Crippen molar-refractivity contribution in [3.05, 3.63) is 49.6 Å². The van der Waals surface area contributed by atoms with E-state index in [0.29, 0.717) is 58.1 Å². The standard InChI is InChI=1S/C15H25NO6.C13H22O5.C12H22O3.C9H16O3.C9H16O2.C8H16O3/c1-6-15(4,5)13(18)21-9-10-22-14(19)16-7-8-20-12(17)11(2)3;1-6-13(4,5)12(16)18-8-10(14)7-17-11(15)9(2)3;1-5-11(3,4)10(13)15-9-12(6-2)7-14-8-12;1-4-9(2,3)8(10)12-6-7-5-11-7;1-5-7-11-8(10)9(3,4)6-2;1-4-5-11-7-8(10-3)6-9-2/h2,6-10H2,1,3-5H3,(H,16,19);10,14H,2,6-8H2,1,3-5H3;5-9H2,1-4H3;7H,4-6H2,1-3H3;5H,1,6-7H2,2-4H3;4,8H,1,5-7H2,2-3H3. The fourth-order valence-corrected chi connectivity index (χ4v) is 5.07. The molecule has 3 unspecified atom stereocenters.